The molecule has 0 spiro atoms. The predicted molar refractivity (Wildman–Crippen MR) is 60.5 cm³/mol. The topological polar surface area (TPSA) is 98.9 Å². The summed E-state index contributed by atoms with van der Waals surface area (Å²) in [6.07, 6.45) is -0.288. The minimum absolute atomic E-state index is 0.0993. The fraction of sp³-hybridized carbons (Fsp3) is 0.889. The van der Waals surface area contributed by atoms with Gasteiger partial charge < -0.3 is 14.4 Å². The fourth-order valence-electron chi connectivity index (χ4n) is 1.90. The summed E-state index contributed by atoms with van der Waals surface area (Å²) in [6.45, 7) is 0.672. The molecule has 7 nitrogen and oxygen atoms in total. The normalized spacial score (nSPS) is 21.5. The third-order valence-electron chi connectivity index (χ3n) is 2.66. The van der Waals surface area contributed by atoms with Gasteiger partial charge in [0.05, 0.1) is 12.3 Å². The molecule has 0 saturated carbocycles. The van der Waals surface area contributed by atoms with Crippen molar-refractivity contribution in [1.29, 1.82) is 0 Å². The van der Waals surface area contributed by atoms with Crippen LogP contribution in [-0.4, -0.2) is 58.6 Å². The second-order valence-corrected chi connectivity index (χ2v) is 5.76. The second kappa shape index (κ2) is 5.76. The van der Waals surface area contributed by atoms with Gasteiger partial charge in [-0.15, -0.1) is 0 Å². The highest BCUT2D eigenvalue weighted by molar-refractivity contribution is 7.89. The highest BCUT2D eigenvalue weighted by atomic mass is 32.2. The first kappa shape index (κ1) is 14.4. The molecule has 1 amide bonds. The summed E-state index contributed by atoms with van der Waals surface area (Å²) in [7, 11) is -0.570. The Hall–Kier alpha value is -0.700. The standard InChI is InChI=1S/C9H18N2O5S/c1-15-9(16-2)5-11-4-7(3-8(11)12)6-17(10,13)14/h7,9H,3-6H2,1-2H3,(H2,10,13,14). The molecule has 8 heteroatoms. The number of nitrogens with two attached hydrogens (primary N) is 1. The molecule has 100 valence electrons. The number of primary sulfonamides is 1. The minimum Gasteiger partial charge on any atom is -0.354 e. The molecule has 0 aromatic carbocycles. The smallest absolute Gasteiger partial charge is 0.223 e. The number of sulfonamides is 1. The Labute approximate surface area is 101 Å². The summed E-state index contributed by atoms with van der Waals surface area (Å²) in [5.41, 5.74) is 0. The van der Waals surface area contributed by atoms with Gasteiger partial charge in [-0.3, -0.25) is 4.79 Å². The average Bonchev–Trinajstić information content (AvgIpc) is 2.52. The van der Waals surface area contributed by atoms with Crippen LogP contribution >= 0.6 is 0 Å². The van der Waals surface area contributed by atoms with E-state index in [1.165, 1.54) is 19.1 Å². The third kappa shape index (κ3) is 4.58. The molecule has 1 heterocycles. The predicted octanol–water partition coefficient (Wildman–Crippen LogP) is -1.26. The van der Waals surface area contributed by atoms with Crippen molar-refractivity contribution in [2.45, 2.75) is 12.7 Å². The van der Waals surface area contributed by atoms with Crippen molar-refractivity contribution in [2.75, 3.05) is 33.1 Å². The molecule has 1 aliphatic rings. The summed E-state index contributed by atoms with van der Waals surface area (Å²) in [4.78, 5) is 13.2. The number of likely N-dealkylation sites (tertiary alicyclic amines) is 1. The van der Waals surface area contributed by atoms with Gasteiger partial charge in [0.25, 0.3) is 0 Å². The van der Waals surface area contributed by atoms with Gasteiger partial charge in [-0.1, -0.05) is 0 Å². The Morgan fingerprint density at radius 2 is 2.06 bits per heavy atom. The van der Waals surface area contributed by atoms with Crippen molar-refractivity contribution in [3.05, 3.63) is 0 Å². The summed E-state index contributed by atoms with van der Waals surface area (Å²) < 4.78 is 31.8. The van der Waals surface area contributed by atoms with Crippen LogP contribution in [0.15, 0.2) is 0 Å². The lowest BCUT2D eigenvalue weighted by molar-refractivity contribution is -0.141. The summed E-state index contributed by atoms with van der Waals surface area (Å²) >= 11 is 0. The van der Waals surface area contributed by atoms with Crippen LogP contribution in [0.1, 0.15) is 6.42 Å². The van der Waals surface area contributed by atoms with Gasteiger partial charge in [0.2, 0.25) is 15.9 Å². The van der Waals surface area contributed by atoms with E-state index >= 15 is 0 Å². The second-order valence-electron chi connectivity index (χ2n) is 4.10. The zero-order chi connectivity index (χ0) is 13.1. The lowest BCUT2D eigenvalue weighted by atomic mass is 10.1. The molecule has 17 heavy (non-hydrogen) atoms. The lowest BCUT2D eigenvalue weighted by Crippen LogP contribution is -2.36. The van der Waals surface area contributed by atoms with Gasteiger partial charge in [-0.2, -0.15) is 0 Å². The molecule has 1 saturated heterocycles. The molecule has 1 aliphatic heterocycles. The van der Waals surface area contributed by atoms with E-state index in [1.807, 2.05) is 0 Å². The molecule has 0 bridgehead atoms. The zero-order valence-electron chi connectivity index (χ0n) is 9.96. The first-order valence-electron chi connectivity index (χ1n) is 5.19. The van der Waals surface area contributed by atoms with E-state index < -0.39 is 16.3 Å². The van der Waals surface area contributed by atoms with Gasteiger partial charge in [0.15, 0.2) is 6.29 Å². The fourth-order valence-corrected chi connectivity index (χ4v) is 2.78. The summed E-state index contributed by atoms with van der Waals surface area (Å²) in [6, 6.07) is 0. The molecule has 1 atom stereocenters. The Morgan fingerprint density at radius 1 is 1.47 bits per heavy atom. The molecular formula is C9H18N2O5S. The van der Waals surface area contributed by atoms with Crippen LogP contribution in [0.4, 0.5) is 0 Å². The Balaban J connectivity index is 2.52. The van der Waals surface area contributed by atoms with Crippen molar-refractivity contribution < 1.29 is 22.7 Å². The van der Waals surface area contributed by atoms with Crippen LogP contribution in [0.3, 0.4) is 0 Å². The maximum Gasteiger partial charge on any atom is 0.223 e. The van der Waals surface area contributed by atoms with E-state index in [0.29, 0.717) is 13.1 Å². The van der Waals surface area contributed by atoms with Crippen LogP contribution in [0.2, 0.25) is 0 Å². The molecule has 0 aliphatic carbocycles. The van der Waals surface area contributed by atoms with Gasteiger partial charge >= 0.3 is 0 Å². The Kier molecular flexibility index (Phi) is 4.87. The van der Waals surface area contributed by atoms with Crippen molar-refractivity contribution >= 4 is 15.9 Å². The van der Waals surface area contributed by atoms with Gasteiger partial charge in [-0.25, -0.2) is 13.6 Å². The minimum atomic E-state index is -3.54. The number of amides is 1. The number of carbonyl (C=O) groups is 1. The van der Waals surface area contributed by atoms with Gasteiger partial charge in [-0.05, 0) is 0 Å². The number of rotatable bonds is 6. The Morgan fingerprint density at radius 3 is 2.53 bits per heavy atom. The van der Waals surface area contributed by atoms with E-state index in [2.05, 4.69) is 0 Å². The van der Waals surface area contributed by atoms with Crippen molar-refractivity contribution in [1.82, 2.24) is 4.90 Å². The maximum absolute atomic E-state index is 11.6. The van der Waals surface area contributed by atoms with Crippen LogP contribution in [0.25, 0.3) is 0 Å². The molecule has 1 rings (SSSR count). The van der Waals surface area contributed by atoms with E-state index in [0.717, 1.165) is 0 Å². The van der Waals surface area contributed by atoms with E-state index in [4.69, 9.17) is 14.6 Å². The number of nitrogens with zero attached hydrogens (tertiary/aromatic N) is 1. The molecule has 2 N–H and O–H groups in total. The summed E-state index contributed by atoms with van der Waals surface area (Å²) in [5, 5.41) is 4.95. The number of carbonyl (C=O) groups excluding carboxylic acids is 1. The third-order valence-corrected chi connectivity index (χ3v) is 3.59. The first-order valence-corrected chi connectivity index (χ1v) is 6.91. The largest absolute Gasteiger partial charge is 0.354 e. The zero-order valence-corrected chi connectivity index (χ0v) is 10.8. The van der Waals surface area contributed by atoms with E-state index in [1.54, 1.807) is 0 Å². The molecule has 1 fully saturated rings. The lowest BCUT2D eigenvalue weighted by Gasteiger charge is -2.21. The SMILES string of the molecule is COC(CN1CC(CS(N)(=O)=O)CC1=O)OC. The highest BCUT2D eigenvalue weighted by Gasteiger charge is 2.33. The molecular weight excluding hydrogens is 248 g/mol. The van der Waals surface area contributed by atoms with Crippen LogP contribution < -0.4 is 5.14 Å². The number of ether oxygens (including phenoxy) is 2. The molecule has 1 unspecified atom stereocenters. The quantitative estimate of drug-likeness (QED) is 0.605. The first-order chi connectivity index (χ1) is 7.85. The van der Waals surface area contributed by atoms with Crippen molar-refractivity contribution in [2.24, 2.45) is 11.1 Å². The van der Waals surface area contributed by atoms with Crippen molar-refractivity contribution in [3.63, 3.8) is 0 Å². The van der Waals surface area contributed by atoms with Crippen molar-refractivity contribution in [3.8, 4) is 0 Å². The molecule has 0 radical (unpaired) electrons. The number of hydrogen-bond acceptors (Lipinski definition) is 5. The van der Waals surface area contributed by atoms with Crippen LogP contribution in [0.5, 0.6) is 0 Å². The van der Waals surface area contributed by atoms with E-state index in [9.17, 15) is 13.2 Å². The van der Waals surface area contributed by atoms with E-state index in [-0.39, 0.29) is 24.0 Å². The molecule has 0 aromatic rings. The van der Waals surface area contributed by atoms with Crippen LogP contribution in [-0.2, 0) is 24.3 Å². The van der Waals surface area contributed by atoms with Gasteiger partial charge in [0, 0.05) is 33.1 Å². The summed E-state index contributed by atoms with van der Waals surface area (Å²) in [5.74, 6) is -0.510. The average molecular weight is 266 g/mol. The number of hydrogen-bond donors (Lipinski definition) is 1. The highest BCUT2D eigenvalue weighted by Crippen LogP contribution is 2.19. The Bertz CT molecular complexity index is 366. The van der Waals surface area contributed by atoms with Crippen LogP contribution in [0, 0.1) is 5.92 Å². The monoisotopic (exact) mass is 266 g/mol. The molecule has 0 aromatic heterocycles. The van der Waals surface area contributed by atoms with Gasteiger partial charge in [0.1, 0.15) is 0 Å². The number of methoxy groups -OCH3 is 2. The maximum atomic E-state index is 11.6.